The zero-order chi connectivity index (χ0) is 19.3. The van der Waals surface area contributed by atoms with Crippen LogP contribution in [0.3, 0.4) is 0 Å². The SMILES string of the molecule is O=C1OCCC1C(=O)Oc1ccc([S+](c2ccccc2)c2ccccc2)cc1. The maximum Gasteiger partial charge on any atom is 0.325 e. The third-order valence-electron chi connectivity index (χ3n) is 4.46. The Morgan fingerprint density at radius 3 is 1.86 bits per heavy atom. The summed E-state index contributed by atoms with van der Waals surface area (Å²) in [7, 11) is -0.258. The molecule has 1 fully saturated rings. The van der Waals surface area contributed by atoms with E-state index >= 15 is 0 Å². The van der Waals surface area contributed by atoms with Crippen molar-refractivity contribution >= 4 is 22.8 Å². The van der Waals surface area contributed by atoms with Gasteiger partial charge in [-0.15, -0.1) is 0 Å². The van der Waals surface area contributed by atoms with Crippen LogP contribution in [0.15, 0.2) is 99.6 Å². The lowest BCUT2D eigenvalue weighted by Crippen LogP contribution is -2.24. The van der Waals surface area contributed by atoms with Crippen molar-refractivity contribution in [2.45, 2.75) is 21.1 Å². The summed E-state index contributed by atoms with van der Waals surface area (Å²) in [5.74, 6) is -1.45. The van der Waals surface area contributed by atoms with Crippen molar-refractivity contribution < 1.29 is 19.1 Å². The minimum atomic E-state index is -0.817. The minimum Gasteiger partial charge on any atom is -0.465 e. The Kier molecular flexibility index (Phi) is 5.44. The van der Waals surface area contributed by atoms with Gasteiger partial charge in [-0.2, -0.15) is 0 Å². The Labute approximate surface area is 166 Å². The number of carbonyl (C=O) groups is 2. The van der Waals surface area contributed by atoms with Crippen LogP contribution >= 0.6 is 0 Å². The molecule has 5 heteroatoms. The second-order valence-corrected chi connectivity index (χ2v) is 8.36. The van der Waals surface area contributed by atoms with Crippen LogP contribution in [-0.4, -0.2) is 18.5 Å². The zero-order valence-electron chi connectivity index (χ0n) is 15.1. The van der Waals surface area contributed by atoms with Gasteiger partial charge in [0.25, 0.3) is 0 Å². The van der Waals surface area contributed by atoms with E-state index in [0.29, 0.717) is 12.2 Å². The number of hydrogen-bond donors (Lipinski definition) is 0. The van der Waals surface area contributed by atoms with Crippen LogP contribution in [0.5, 0.6) is 5.75 Å². The molecule has 1 atom stereocenters. The number of carbonyl (C=O) groups excluding carboxylic acids is 2. The molecule has 1 aliphatic heterocycles. The fourth-order valence-corrected chi connectivity index (χ4v) is 5.15. The van der Waals surface area contributed by atoms with Gasteiger partial charge in [0.05, 0.1) is 17.5 Å². The normalized spacial score (nSPS) is 16.0. The molecular weight excluding hydrogens is 372 g/mol. The van der Waals surface area contributed by atoms with E-state index in [1.54, 1.807) is 12.1 Å². The number of rotatable bonds is 5. The molecule has 0 bridgehead atoms. The van der Waals surface area contributed by atoms with E-state index < -0.39 is 17.9 Å². The number of ether oxygens (including phenoxy) is 2. The molecule has 1 saturated heterocycles. The summed E-state index contributed by atoms with van der Waals surface area (Å²) >= 11 is 0. The van der Waals surface area contributed by atoms with Crippen molar-refractivity contribution in [3.8, 4) is 5.75 Å². The summed E-state index contributed by atoms with van der Waals surface area (Å²) < 4.78 is 10.2. The quantitative estimate of drug-likeness (QED) is 0.282. The summed E-state index contributed by atoms with van der Waals surface area (Å²) in [5.41, 5.74) is 0. The van der Waals surface area contributed by atoms with E-state index in [-0.39, 0.29) is 17.5 Å². The summed E-state index contributed by atoms with van der Waals surface area (Å²) in [6.07, 6.45) is 0.376. The lowest BCUT2D eigenvalue weighted by molar-refractivity contribution is -0.150. The molecule has 0 aliphatic carbocycles. The number of cyclic esters (lactones) is 1. The first-order valence-electron chi connectivity index (χ1n) is 9.05. The second kappa shape index (κ2) is 8.31. The Morgan fingerprint density at radius 2 is 1.36 bits per heavy atom. The summed E-state index contributed by atoms with van der Waals surface area (Å²) in [5, 5.41) is 0. The Morgan fingerprint density at radius 1 is 0.821 bits per heavy atom. The molecule has 28 heavy (non-hydrogen) atoms. The van der Waals surface area contributed by atoms with E-state index in [2.05, 4.69) is 24.3 Å². The summed E-state index contributed by atoms with van der Waals surface area (Å²) in [6.45, 7) is 0.272. The molecule has 0 saturated carbocycles. The number of hydrogen-bond acceptors (Lipinski definition) is 4. The summed E-state index contributed by atoms with van der Waals surface area (Å²) in [6, 6.07) is 28.1. The fourth-order valence-electron chi connectivity index (χ4n) is 3.06. The van der Waals surface area contributed by atoms with Crippen LogP contribution in [0.2, 0.25) is 0 Å². The Balaban J connectivity index is 1.58. The molecule has 3 aromatic carbocycles. The molecular formula is C23H19O4S+. The van der Waals surface area contributed by atoms with Crippen molar-refractivity contribution in [1.29, 1.82) is 0 Å². The van der Waals surface area contributed by atoms with Gasteiger partial charge in [0.2, 0.25) is 0 Å². The van der Waals surface area contributed by atoms with Crippen LogP contribution in [0, 0.1) is 5.92 Å². The van der Waals surface area contributed by atoms with Gasteiger partial charge in [-0.1, -0.05) is 36.4 Å². The van der Waals surface area contributed by atoms with Crippen LogP contribution in [0.25, 0.3) is 0 Å². The lowest BCUT2D eigenvalue weighted by Gasteiger charge is -2.10. The van der Waals surface area contributed by atoms with Gasteiger partial charge in [0, 0.05) is 6.42 Å². The van der Waals surface area contributed by atoms with Gasteiger partial charge in [0.1, 0.15) is 5.75 Å². The molecule has 0 amide bonds. The first-order chi connectivity index (χ1) is 13.7. The average molecular weight is 391 g/mol. The van der Waals surface area contributed by atoms with Crippen LogP contribution in [0.1, 0.15) is 6.42 Å². The van der Waals surface area contributed by atoms with Gasteiger partial charge >= 0.3 is 11.9 Å². The highest BCUT2D eigenvalue weighted by Crippen LogP contribution is 2.32. The predicted octanol–water partition coefficient (Wildman–Crippen LogP) is 4.25. The number of benzene rings is 3. The average Bonchev–Trinajstić information content (AvgIpc) is 3.17. The monoisotopic (exact) mass is 391 g/mol. The highest BCUT2D eigenvalue weighted by Gasteiger charge is 2.35. The van der Waals surface area contributed by atoms with Gasteiger partial charge in [-0.05, 0) is 48.5 Å². The maximum atomic E-state index is 12.2. The number of esters is 2. The van der Waals surface area contributed by atoms with Gasteiger partial charge in [-0.25, -0.2) is 0 Å². The Bertz CT molecular complexity index is 915. The Hall–Kier alpha value is -3.05. The second-order valence-electron chi connectivity index (χ2n) is 6.33. The fraction of sp³-hybridized carbons (Fsp3) is 0.130. The molecule has 3 aromatic rings. The first-order valence-corrected chi connectivity index (χ1v) is 10.3. The van der Waals surface area contributed by atoms with E-state index in [1.165, 1.54) is 9.79 Å². The molecule has 0 spiro atoms. The predicted molar refractivity (Wildman–Crippen MR) is 106 cm³/mol. The highest BCUT2D eigenvalue weighted by atomic mass is 32.2. The van der Waals surface area contributed by atoms with Crippen molar-refractivity contribution in [2.24, 2.45) is 5.92 Å². The molecule has 1 aliphatic rings. The van der Waals surface area contributed by atoms with Gasteiger partial charge in [-0.3, -0.25) is 9.59 Å². The third-order valence-corrected chi connectivity index (χ3v) is 6.69. The van der Waals surface area contributed by atoms with Gasteiger partial charge < -0.3 is 9.47 Å². The molecule has 0 aromatic heterocycles. The van der Waals surface area contributed by atoms with E-state index in [4.69, 9.17) is 9.47 Å². The van der Waals surface area contributed by atoms with E-state index in [0.717, 1.165) is 4.90 Å². The summed E-state index contributed by atoms with van der Waals surface area (Å²) in [4.78, 5) is 27.3. The lowest BCUT2D eigenvalue weighted by atomic mass is 10.1. The van der Waals surface area contributed by atoms with Crippen LogP contribution < -0.4 is 4.74 Å². The molecule has 0 radical (unpaired) electrons. The van der Waals surface area contributed by atoms with Crippen molar-refractivity contribution in [2.75, 3.05) is 6.61 Å². The van der Waals surface area contributed by atoms with E-state index in [9.17, 15) is 9.59 Å². The molecule has 140 valence electrons. The standard InChI is InChI=1S/C23H19O4S/c24-22-21(15-16-26-22)23(25)27-17-11-13-20(14-12-17)28(18-7-3-1-4-8-18)19-9-5-2-6-10-19/h1-14,21H,15-16H2/q+1. The van der Waals surface area contributed by atoms with Crippen molar-refractivity contribution in [3.05, 3.63) is 84.9 Å². The maximum absolute atomic E-state index is 12.2. The molecule has 0 N–H and O–H groups in total. The topological polar surface area (TPSA) is 52.6 Å². The third kappa shape index (κ3) is 3.94. The van der Waals surface area contributed by atoms with Gasteiger partial charge in [0.15, 0.2) is 20.6 Å². The van der Waals surface area contributed by atoms with Crippen molar-refractivity contribution in [1.82, 2.24) is 0 Å². The van der Waals surface area contributed by atoms with Crippen LogP contribution in [0.4, 0.5) is 0 Å². The van der Waals surface area contributed by atoms with Crippen LogP contribution in [-0.2, 0) is 25.2 Å². The molecule has 4 rings (SSSR count). The van der Waals surface area contributed by atoms with Crippen molar-refractivity contribution in [3.63, 3.8) is 0 Å². The molecule has 4 nitrogen and oxygen atoms in total. The van der Waals surface area contributed by atoms with E-state index in [1.807, 2.05) is 48.5 Å². The zero-order valence-corrected chi connectivity index (χ0v) is 15.9. The first kappa shape index (κ1) is 18.3. The minimum absolute atomic E-state index is 0.258. The largest absolute Gasteiger partial charge is 0.465 e. The smallest absolute Gasteiger partial charge is 0.325 e. The molecule has 1 heterocycles. The molecule has 1 unspecified atom stereocenters. The highest BCUT2D eigenvalue weighted by molar-refractivity contribution is 7.97.